The SMILES string of the molecule is CC/C=C\C/C=C\C/C=C\C/C=C\C/C=C\CCCCCCCCCCCCCCCCCCCCCC(=O)OCC(O)COP(=O)(O)OCC(O)COP(=O)(O)OCC(COC(=O)CCC/C=C\C/C=C\C/C=C\C/C=C\C/C=C\CC)OC(=O)CCCCCCCCCCCCCCCCC. The number of allylic oxidation sites excluding steroid dienone is 20. The quantitative estimate of drug-likeness (QED) is 0.0146. The lowest BCUT2D eigenvalue weighted by molar-refractivity contribution is -0.161. The van der Waals surface area contributed by atoms with E-state index in [1.165, 1.54) is 167 Å². The molecule has 0 rings (SSSR count). The molecule has 0 radical (unpaired) electrons. The van der Waals surface area contributed by atoms with Crippen molar-refractivity contribution in [3.05, 3.63) is 122 Å². The molecule has 0 heterocycles. The number of rotatable bonds is 77. The van der Waals surface area contributed by atoms with E-state index in [4.69, 9.17) is 32.3 Å². The molecule has 594 valence electrons. The van der Waals surface area contributed by atoms with Gasteiger partial charge in [0.25, 0.3) is 0 Å². The van der Waals surface area contributed by atoms with Crippen LogP contribution in [0.15, 0.2) is 122 Å². The van der Waals surface area contributed by atoms with Crippen LogP contribution in [-0.2, 0) is 55.8 Å². The molecule has 16 nitrogen and oxygen atoms in total. The lowest BCUT2D eigenvalue weighted by atomic mass is 10.0. The van der Waals surface area contributed by atoms with Crippen LogP contribution in [0.3, 0.4) is 0 Å². The standard InChI is InChI=1S/C85H148O16P2/c1-4-7-10-13-16-19-22-25-28-30-31-32-33-34-35-36-37-38-39-40-41-42-43-44-45-46-47-49-52-53-56-59-62-65-68-71-83(88)95-74-80(86)75-97-102(91,92)98-76-81(87)77-99-103(93,94)100-79-82(101-85(90)73-70-67-64-61-58-55-50-27-24-21-18-15-12-9-6-3)78-96-84(89)72-69-66-63-60-57-54-51-48-29-26-23-20-17-14-11-8-5-2/h7-8,10-11,16-17,19-20,25-26,28-29,31-32,34-35,51,54,60,63,80-82,86-87H,4-6,9,12-15,18,21-24,27,30,33,36-50,52-53,55-59,61-62,64-79H2,1-3H3,(H,91,92)(H,93,94)/b10-7-,11-8-,19-16-,20-17-,28-25-,29-26-,32-31-,35-34-,54-51-,63-60-. The third kappa shape index (κ3) is 78.8. The van der Waals surface area contributed by atoms with Gasteiger partial charge in [-0.15, -0.1) is 0 Å². The van der Waals surface area contributed by atoms with Gasteiger partial charge in [-0.05, 0) is 103 Å². The number of esters is 3. The van der Waals surface area contributed by atoms with Crippen LogP contribution in [0, 0.1) is 0 Å². The van der Waals surface area contributed by atoms with Gasteiger partial charge in [0.1, 0.15) is 25.4 Å². The average molecular weight is 1490 g/mol. The first kappa shape index (κ1) is 98.9. The topological polar surface area (TPSA) is 231 Å². The highest BCUT2D eigenvalue weighted by Gasteiger charge is 2.29. The number of hydrogen-bond donors (Lipinski definition) is 4. The molecular formula is C85H148O16P2. The molecule has 103 heavy (non-hydrogen) atoms. The van der Waals surface area contributed by atoms with Crippen molar-refractivity contribution in [3.63, 3.8) is 0 Å². The van der Waals surface area contributed by atoms with Crippen molar-refractivity contribution in [2.45, 2.75) is 360 Å². The van der Waals surface area contributed by atoms with Crippen molar-refractivity contribution >= 4 is 33.6 Å². The zero-order valence-corrected chi connectivity index (χ0v) is 66.7. The maximum atomic E-state index is 12.9. The Morgan fingerprint density at radius 3 is 0.854 bits per heavy atom. The number of unbranched alkanes of at least 4 members (excludes halogenated alkanes) is 34. The first-order valence-corrected chi connectivity index (χ1v) is 43.8. The summed E-state index contributed by atoms with van der Waals surface area (Å²) in [6.45, 7) is 2.42. The summed E-state index contributed by atoms with van der Waals surface area (Å²) in [4.78, 5) is 58.6. The van der Waals surface area contributed by atoms with Crippen LogP contribution in [0.25, 0.3) is 0 Å². The number of phosphoric acid groups is 2. The molecule has 4 N–H and O–H groups in total. The number of ether oxygens (including phenoxy) is 3. The van der Waals surface area contributed by atoms with Gasteiger partial charge in [-0.2, -0.15) is 0 Å². The number of carbonyl (C=O) groups is 3. The summed E-state index contributed by atoms with van der Waals surface area (Å²) in [6, 6.07) is 0. The Balaban J connectivity index is 4.39. The molecular weight excluding hydrogens is 1340 g/mol. The van der Waals surface area contributed by atoms with E-state index in [2.05, 4.69) is 130 Å². The Bertz CT molecular complexity index is 2360. The fourth-order valence-corrected chi connectivity index (χ4v) is 12.6. The first-order chi connectivity index (χ1) is 50.2. The van der Waals surface area contributed by atoms with Gasteiger partial charge in [-0.3, -0.25) is 32.5 Å². The molecule has 0 spiro atoms. The predicted molar refractivity (Wildman–Crippen MR) is 427 cm³/mol. The molecule has 0 saturated carbocycles. The molecule has 5 unspecified atom stereocenters. The molecule has 0 aliphatic heterocycles. The van der Waals surface area contributed by atoms with Crippen LogP contribution in [0.1, 0.15) is 342 Å². The monoisotopic (exact) mass is 1490 g/mol. The van der Waals surface area contributed by atoms with E-state index in [0.717, 1.165) is 109 Å². The fraction of sp³-hybridized carbons (Fsp3) is 0.729. The van der Waals surface area contributed by atoms with E-state index in [-0.39, 0.29) is 19.3 Å². The van der Waals surface area contributed by atoms with E-state index in [1.807, 2.05) is 12.2 Å². The minimum Gasteiger partial charge on any atom is -0.463 e. The number of hydrogen-bond acceptors (Lipinski definition) is 14. The van der Waals surface area contributed by atoms with Gasteiger partial charge >= 0.3 is 33.6 Å². The lowest BCUT2D eigenvalue weighted by Gasteiger charge is -2.21. The van der Waals surface area contributed by atoms with Crippen LogP contribution in [0.2, 0.25) is 0 Å². The molecule has 0 bridgehead atoms. The van der Waals surface area contributed by atoms with Crippen molar-refractivity contribution in [3.8, 4) is 0 Å². The van der Waals surface area contributed by atoms with Crippen molar-refractivity contribution in [2.75, 3.05) is 39.6 Å². The largest absolute Gasteiger partial charge is 0.472 e. The van der Waals surface area contributed by atoms with Crippen LogP contribution < -0.4 is 0 Å². The van der Waals surface area contributed by atoms with E-state index >= 15 is 0 Å². The summed E-state index contributed by atoms with van der Waals surface area (Å²) in [7, 11) is -9.80. The second-order valence-electron chi connectivity index (χ2n) is 27.2. The zero-order chi connectivity index (χ0) is 75.2. The van der Waals surface area contributed by atoms with Gasteiger partial charge < -0.3 is 34.2 Å². The highest BCUT2D eigenvalue weighted by atomic mass is 31.2. The molecule has 0 aromatic heterocycles. The fourth-order valence-electron chi connectivity index (χ4n) is 11.0. The normalized spacial score (nSPS) is 14.6. The van der Waals surface area contributed by atoms with Crippen molar-refractivity contribution < 1.29 is 75.8 Å². The Morgan fingerprint density at radius 1 is 0.282 bits per heavy atom. The van der Waals surface area contributed by atoms with Gasteiger partial charge in [0.15, 0.2) is 6.10 Å². The molecule has 0 aliphatic rings. The second kappa shape index (κ2) is 77.6. The van der Waals surface area contributed by atoms with Crippen molar-refractivity contribution in [1.82, 2.24) is 0 Å². The third-order valence-electron chi connectivity index (χ3n) is 17.2. The Labute approximate surface area is 627 Å². The predicted octanol–water partition coefficient (Wildman–Crippen LogP) is 24.1. The number of aliphatic hydroxyl groups excluding tert-OH is 2. The molecule has 0 saturated heterocycles. The summed E-state index contributed by atoms with van der Waals surface area (Å²) < 4.78 is 61.1. The van der Waals surface area contributed by atoms with Crippen LogP contribution in [0.4, 0.5) is 0 Å². The summed E-state index contributed by atoms with van der Waals surface area (Å²) in [5.74, 6) is -1.63. The molecule has 0 amide bonds. The third-order valence-corrected chi connectivity index (χ3v) is 19.1. The molecule has 0 fully saturated rings. The highest BCUT2D eigenvalue weighted by Crippen LogP contribution is 2.45. The van der Waals surface area contributed by atoms with Gasteiger partial charge in [-0.25, -0.2) is 9.13 Å². The smallest absolute Gasteiger partial charge is 0.463 e. The second-order valence-corrected chi connectivity index (χ2v) is 30.1. The van der Waals surface area contributed by atoms with Gasteiger partial charge in [0, 0.05) is 19.3 Å². The summed E-state index contributed by atoms with van der Waals surface area (Å²) in [5, 5.41) is 20.6. The molecule has 0 aromatic rings. The van der Waals surface area contributed by atoms with E-state index in [0.29, 0.717) is 25.7 Å². The van der Waals surface area contributed by atoms with Gasteiger partial charge in [-0.1, -0.05) is 341 Å². The maximum Gasteiger partial charge on any atom is 0.472 e. The minimum atomic E-state index is -4.94. The number of phosphoric ester groups is 2. The number of carbonyl (C=O) groups excluding carboxylic acids is 3. The van der Waals surface area contributed by atoms with Crippen LogP contribution in [-0.4, -0.2) is 95.9 Å². The van der Waals surface area contributed by atoms with Gasteiger partial charge in [0.2, 0.25) is 0 Å². The molecule has 5 atom stereocenters. The van der Waals surface area contributed by atoms with E-state index in [9.17, 15) is 43.5 Å². The molecule has 0 aromatic carbocycles. The van der Waals surface area contributed by atoms with E-state index in [1.54, 1.807) is 0 Å². The first-order valence-electron chi connectivity index (χ1n) is 40.8. The van der Waals surface area contributed by atoms with E-state index < -0.39 is 91.5 Å². The minimum absolute atomic E-state index is 0.0932. The average Bonchev–Trinajstić information content (AvgIpc) is 0.915. The Morgan fingerprint density at radius 2 is 0.524 bits per heavy atom. The summed E-state index contributed by atoms with van der Waals surface area (Å²) >= 11 is 0. The maximum absolute atomic E-state index is 12.9. The molecule has 18 heteroatoms. The van der Waals surface area contributed by atoms with Crippen LogP contribution in [0.5, 0.6) is 0 Å². The molecule has 0 aliphatic carbocycles. The summed E-state index contributed by atoms with van der Waals surface area (Å²) in [5.41, 5.74) is 0. The van der Waals surface area contributed by atoms with Crippen molar-refractivity contribution in [1.29, 1.82) is 0 Å². The van der Waals surface area contributed by atoms with Crippen molar-refractivity contribution in [2.24, 2.45) is 0 Å². The summed E-state index contributed by atoms with van der Waals surface area (Å²) in [6.07, 6.45) is 92.8. The van der Waals surface area contributed by atoms with Crippen LogP contribution >= 0.6 is 15.6 Å². The number of aliphatic hydroxyl groups is 2. The van der Waals surface area contributed by atoms with Gasteiger partial charge in [0.05, 0.1) is 26.4 Å². The zero-order valence-electron chi connectivity index (χ0n) is 65.0. The lowest BCUT2D eigenvalue weighted by Crippen LogP contribution is -2.30. The Hall–Kier alpha value is -4.05. The highest BCUT2D eigenvalue weighted by molar-refractivity contribution is 7.47. The Kier molecular flexibility index (Phi) is 74.5.